The molecule has 0 fully saturated rings. The van der Waals surface area contributed by atoms with Crippen LogP contribution in [0.2, 0.25) is 0 Å². The zero-order chi connectivity index (χ0) is 41.4. The fourth-order valence-corrected chi connectivity index (χ4v) is 9.05. The molecule has 2 aromatic rings. The Hall–Kier alpha value is -4.77. The second-order valence-electron chi connectivity index (χ2n) is 16.3. The van der Waals surface area contributed by atoms with Gasteiger partial charge in [-0.3, -0.25) is 20.2 Å². The standard InChI is InChI=1S/C40H48N4O10S2/c1-38(2)26-28(11-7-13-36-39(3,4)32-24-30(43(45)46)15-17-34(32)41(36)19-9-21-55(49,50)51)23-29(27-38)12-8-14-37-40(5,6)33-25-31(44(47)48)16-18-35(33)42(37)20-10-22-56(52,53)54/h7-8,11-18,23-25H,9-10,19-22,26-27H2,1-6H3,(H-,49,50,51,52,53,54)/p-1. The summed E-state index contributed by atoms with van der Waals surface area (Å²) in [5, 5.41) is 23.2. The Morgan fingerprint density at radius 2 is 1.36 bits per heavy atom. The molecule has 14 nitrogen and oxygen atoms in total. The van der Waals surface area contributed by atoms with Crippen LogP contribution in [-0.2, 0) is 31.1 Å². The van der Waals surface area contributed by atoms with Crippen molar-refractivity contribution in [3.8, 4) is 0 Å². The smallest absolute Gasteiger partial charge is 0.270 e. The van der Waals surface area contributed by atoms with Crippen LogP contribution in [0.25, 0.3) is 0 Å². The molecule has 0 atom stereocenters. The molecule has 0 amide bonds. The minimum absolute atomic E-state index is 0.0514. The second kappa shape index (κ2) is 15.6. The van der Waals surface area contributed by atoms with Gasteiger partial charge >= 0.3 is 0 Å². The molecule has 16 heteroatoms. The number of allylic oxidation sites excluding steroid dienone is 10. The number of anilines is 1. The van der Waals surface area contributed by atoms with Crippen molar-refractivity contribution in [1.29, 1.82) is 0 Å². The second-order valence-corrected chi connectivity index (χ2v) is 19.4. The summed E-state index contributed by atoms with van der Waals surface area (Å²) in [6.07, 6.45) is 15.6. The van der Waals surface area contributed by atoms with Gasteiger partial charge in [0.05, 0.1) is 35.5 Å². The Bertz CT molecular complexity index is 2370. The molecule has 0 bridgehead atoms. The topological polar surface area (TPSA) is 207 Å². The van der Waals surface area contributed by atoms with Gasteiger partial charge in [-0.25, -0.2) is 16.8 Å². The van der Waals surface area contributed by atoms with Crippen molar-refractivity contribution in [1.82, 2.24) is 0 Å². The first-order valence-electron chi connectivity index (χ1n) is 18.2. The minimum atomic E-state index is -4.42. The normalized spacial score (nSPS) is 20.3. The van der Waals surface area contributed by atoms with Gasteiger partial charge in [0.15, 0.2) is 5.71 Å². The number of non-ortho nitro benzene ring substituents is 2. The third-order valence-electron chi connectivity index (χ3n) is 10.6. The Balaban J connectivity index is 1.46. The van der Waals surface area contributed by atoms with Gasteiger partial charge in [0, 0.05) is 83.2 Å². The van der Waals surface area contributed by atoms with E-state index in [1.165, 1.54) is 24.3 Å². The molecular weight excluding hydrogens is 761 g/mol. The molecule has 1 aliphatic carbocycles. The van der Waals surface area contributed by atoms with Crippen molar-refractivity contribution in [2.75, 3.05) is 29.5 Å². The van der Waals surface area contributed by atoms with Crippen molar-refractivity contribution in [3.63, 3.8) is 0 Å². The van der Waals surface area contributed by atoms with Crippen molar-refractivity contribution in [2.24, 2.45) is 5.41 Å². The van der Waals surface area contributed by atoms with Gasteiger partial charge in [-0.15, -0.1) is 0 Å². The Kier molecular flexibility index (Phi) is 11.8. The molecular formula is C40H47N4O10S2-. The van der Waals surface area contributed by atoms with Crippen molar-refractivity contribution >= 4 is 48.7 Å². The monoisotopic (exact) mass is 807 g/mol. The first kappa shape index (κ1) is 42.4. The highest BCUT2D eigenvalue weighted by Crippen LogP contribution is 2.49. The molecule has 0 saturated heterocycles. The number of nitro groups is 2. The summed E-state index contributed by atoms with van der Waals surface area (Å²) in [5.74, 6) is -1.06. The molecule has 300 valence electrons. The van der Waals surface area contributed by atoms with E-state index in [1.54, 1.807) is 12.1 Å². The number of fused-ring (bicyclic) bond motifs is 2. The van der Waals surface area contributed by atoms with E-state index in [2.05, 4.69) is 19.9 Å². The number of benzene rings is 2. The first-order valence-corrected chi connectivity index (χ1v) is 21.4. The van der Waals surface area contributed by atoms with Gasteiger partial charge in [0.25, 0.3) is 11.4 Å². The van der Waals surface area contributed by atoms with E-state index in [1.807, 2.05) is 73.6 Å². The maximum absolute atomic E-state index is 11.6. The highest BCUT2D eigenvalue weighted by atomic mass is 32.2. The Morgan fingerprint density at radius 1 is 0.768 bits per heavy atom. The van der Waals surface area contributed by atoms with E-state index in [0.29, 0.717) is 0 Å². The number of hydrogen-bond acceptors (Lipinski definition) is 11. The quantitative estimate of drug-likeness (QED) is 0.0806. The lowest BCUT2D eigenvalue weighted by Crippen LogP contribution is -2.28. The fourth-order valence-electron chi connectivity index (χ4n) is 8.08. The Labute approximate surface area is 328 Å². The Morgan fingerprint density at radius 3 is 1.98 bits per heavy atom. The lowest BCUT2D eigenvalue weighted by atomic mass is 9.75. The van der Waals surface area contributed by atoms with Crippen LogP contribution in [0.5, 0.6) is 0 Å². The molecule has 0 radical (unpaired) electrons. The van der Waals surface area contributed by atoms with Crippen LogP contribution in [0.4, 0.5) is 22.7 Å². The predicted molar refractivity (Wildman–Crippen MR) is 213 cm³/mol. The first-order chi connectivity index (χ1) is 25.9. The van der Waals surface area contributed by atoms with Crippen LogP contribution in [0, 0.1) is 25.6 Å². The molecule has 0 unspecified atom stereocenters. The highest BCUT2D eigenvalue weighted by Gasteiger charge is 2.45. The third-order valence-corrected chi connectivity index (χ3v) is 12.2. The average molecular weight is 808 g/mol. The van der Waals surface area contributed by atoms with Crippen LogP contribution in [0.3, 0.4) is 0 Å². The van der Waals surface area contributed by atoms with Crippen LogP contribution >= 0.6 is 0 Å². The largest absolute Gasteiger partial charge is 0.748 e. The molecule has 0 spiro atoms. The molecule has 0 aromatic heterocycles. The average Bonchev–Trinajstić information content (AvgIpc) is 3.40. The van der Waals surface area contributed by atoms with Crippen molar-refractivity contribution in [3.05, 3.63) is 127 Å². The van der Waals surface area contributed by atoms with Gasteiger partial charge in [-0.1, -0.05) is 58.1 Å². The molecule has 2 aliphatic heterocycles. The summed E-state index contributed by atoms with van der Waals surface area (Å²) in [7, 11) is -8.85. The van der Waals surface area contributed by atoms with Crippen molar-refractivity contribution < 1.29 is 40.4 Å². The zero-order valence-electron chi connectivity index (χ0n) is 32.4. The molecule has 3 aliphatic rings. The summed E-state index contributed by atoms with van der Waals surface area (Å²) < 4.78 is 70.2. The summed E-state index contributed by atoms with van der Waals surface area (Å²) in [4.78, 5) is 24.2. The van der Waals surface area contributed by atoms with Gasteiger partial charge in [-0.2, -0.15) is 4.58 Å². The molecule has 2 heterocycles. The summed E-state index contributed by atoms with van der Waals surface area (Å²) in [5.41, 5.74) is 5.10. The van der Waals surface area contributed by atoms with Gasteiger partial charge in [0.2, 0.25) is 5.69 Å². The predicted octanol–water partition coefficient (Wildman–Crippen LogP) is 7.22. The molecule has 2 aromatic carbocycles. The maximum atomic E-state index is 11.6. The van der Waals surface area contributed by atoms with Crippen LogP contribution in [-0.4, -0.2) is 70.7 Å². The number of hydrogen-bond donors (Lipinski definition) is 0. The summed E-state index contributed by atoms with van der Waals surface area (Å²) in [6, 6.07) is 9.23. The molecule has 0 saturated carbocycles. The van der Waals surface area contributed by atoms with E-state index in [0.717, 1.165) is 57.9 Å². The fraction of sp³-hybridized carbons (Fsp3) is 0.425. The van der Waals surface area contributed by atoms with Gasteiger partial charge in [0.1, 0.15) is 6.54 Å². The van der Waals surface area contributed by atoms with E-state index in [9.17, 15) is 46.2 Å². The van der Waals surface area contributed by atoms with E-state index < -0.39 is 52.4 Å². The van der Waals surface area contributed by atoms with Crippen LogP contribution < -0.4 is 4.90 Å². The maximum Gasteiger partial charge on any atom is 0.270 e. The lowest BCUT2D eigenvalue weighted by molar-refractivity contribution is -0.437. The van der Waals surface area contributed by atoms with Gasteiger partial charge in [-0.05, 0) is 67.4 Å². The number of nitrogens with zero attached hydrogens (tertiary/aromatic N) is 4. The van der Waals surface area contributed by atoms with Crippen LogP contribution in [0.15, 0.2) is 95.8 Å². The lowest BCUT2D eigenvalue weighted by Gasteiger charge is -2.30. The highest BCUT2D eigenvalue weighted by molar-refractivity contribution is 7.85. The molecule has 5 rings (SSSR count). The number of rotatable bonds is 14. The molecule has 0 N–H and O–H groups in total. The number of nitro benzene ring substituents is 2. The van der Waals surface area contributed by atoms with E-state index in [-0.39, 0.29) is 42.7 Å². The molecule has 56 heavy (non-hydrogen) atoms. The minimum Gasteiger partial charge on any atom is -0.748 e. The third kappa shape index (κ3) is 9.60. The summed E-state index contributed by atoms with van der Waals surface area (Å²) in [6.45, 7) is 12.6. The zero-order valence-corrected chi connectivity index (χ0v) is 34.0. The SMILES string of the molecule is CC1(C)CC(/C=C/C=C2/N(CCCS(=O)(=O)[O-])c3ccc([N+](=O)[O-])cc3C2(C)C)=CC(=C/C=C/C2=[N+](CCCS(=O)(=O)[O-])c3ccc([N+](=O)[O-])cc3C2(C)C)/C1. The summed E-state index contributed by atoms with van der Waals surface area (Å²) >= 11 is 0. The van der Waals surface area contributed by atoms with E-state index >= 15 is 0 Å². The van der Waals surface area contributed by atoms with Crippen LogP contribution in [0.1, 0.15) is 78.4 Å². The van der Waals surface area contributed by atoms with E-state index in [4.69, 9.17) is 0 Å². The van der Waals surface area contributed by atoms with Gasteiger partial charge < -0.3 is 14.0 Å². The van der Waals surface area contributed by atoms with Crippen molar-refractivity contribution in [2.45, 2.75) is 78.1 Å².